The lowest BCUT2D eigenvalue weighted by Gasteiger charge is -2.41. The summed E-state index contributed by atoms with van der Waals surface area (Å²) in [6, 6.07) is 11.1. The maximum absolute atomic E-state index is 15.3. The first-order valence-corrected chi connectivity index (χ1v) is 12.7. The van der Waals surface area contributed by atoms with Crippen molar-refractivity contribution in [3.8, 4) is 5.69 Å². The highest BCUT2D eigenvalue weighted by molar-refractivity contribution is 7.11. The van der Waals surface area contributed by atoms with Crippen LogP contribution in [0.1, 0.15) is 26.6 Å². The molecule has 4 heterocycles. The number of fused-ring (bicyclic) bond motifs is 1. The molecule has 2 amide bonds. The van der Waals surface area contributed by atoms with Crippen molar-refractivity contribution in [3.05, 3.63) is 82.4 Å². The van der Waals surface area contributed by atoms with Gasteiger partial charge in [-0.3, -0.25) is 9.59 Å². The van der Waals surface area contributed by atoms with Crippen LogP contribution in [0.15, 0.2) is 60.2 Å². The standard InChI is InChI=1S/C26H23F2N5O2S/c27-16-1-3-19(4-2-16)33-11-8-20-22(33)6-5-21(23(20)28)25(34)32-14-18(15-32)30-17-7-10-31(13-17)26(35)24-29-9-12-36-24/h1-6,8-9,11-12,17-18,30H,7,10,13-15H2/t17-/m0/s1. The predicted octanol–water partition coefficient (Wildman–Crippen LogP) is 3.69. The minimum absolute atomic E-state index is 0.0406. The van der Waals surface area contributed by atoms with Crippen molar-refractivity contribution in [2.45, 2.75) is 18.5 Å². The highest BCUT2D eigenvalue weighted by Crippen LogP contribution is 2.27. The third kappa shape index (κ3) is 4.06. The highest BCUT2D eigenvalue weighted by atomic mass is 32.1. The van der Waals surface area contributed by atoms with Crippen LogP contribution in [-0.4, -0.2) is 69.4 Å². The van der Waals surface area contributed by atoms with Crippen LogP contribution >= 0.6 is 11.3 Å². The third-order valence-electron chi connectivity index (χ3n) is 6.87. The van der Waals surface area contributed by atoms with Crippen molar-refractivity contribution in [1.82, 2.24) is 24.7 Å². The van der Waals surface area contributed by atoms with E-state index in [0.29, 0.717) is 47.8 Å². The number of nitrogens with zero attached hydrogens (tertiary/aromatic N) is 4. The number of aromatic nitrogens is 2. The zero-order chi connectivity index (χ0) is 24.8. The highest BCUT2D eigenvalue weighted by Gasteiger charge is 2.36. The fourth-order valence-electron chi connectivity index (χ4n) is 4.97. The second-order valence-corrected chi connectivity index (χ2v) is 10.1. The number of hydrogen-bond acceptors (Lipinski definition) is 5. The lowest BCUT2D eigenvalue weighted by atomic mass is 10.0. The molecule has 2 aromatic heterocycles. The average Bonchev–Trinajstić information content (AvgIpc) is 3.62. The van der Waals surface area contributed by atoms with E-state index in [9.17, 15) is 14.0 Å². The predicted molar refractivity (Wildman–Crippen MR) is 132 cm³/mol. The van der Waals surface area contributed by atoms with Gasteiger partial charge in [0.25, 0.3) is 11.8 Å². The number of benzene rings is 2. The van der Waals surface area contributed by atoms with Crippen molar-refractivity contribution in [3.63, 3.8) is 0 Å². The van der Waals surface area contributed by atoms with Gasteiger partial charge in [-0.2, -0.15) is 0 Å². The Hall–Kier alpha value is -3.63. The largest absolute Gasteiger partial charge is 0.335 e. The van der Waals surface area contributed by atoms with Crippen LogP contribution < -0.4 is 5.32 Å². The Morgan fingerprint density at radius 2 is 1.72 bits per heavy atom. The van der Waals surface area contributed by atoms with Gasteiger partial charge >= 0.3 is 0 Å². The van der Waals surface area contributed by atoms with E-state index in [1.54, 1.807) is 56.4 Å². The second-order valence-electron chi connectivity index (χ2n) is 9.17. The molecular formula is C26H23F2N5O2S. The van der Waals surface area contributed by atoms with Crippen molar-refractivity contribution >= 4 is 34.1 Å². The smallest absolute Gasteiger partial charge is 0.282 e. The van der Waals surface area contributed by atoms with Crippen LogP contribution in [0, 0.1) is 11.6 Å². The number of likely N-dealkylation sites (tertiary alicyclic amines) is 2. The fraction of sp³-hybridized carbons (Fsp3) is 0.269. The van der Waals surface area contributed by atoms with Gasteiger partial charge in [-0.05, 0) is 48.9 Å². The summed E-state index contributed by atoms with van der Waals surface area (Å²) in [7, 11) is 0. The molecule has 0 aliphatic carbocycles. The average molecular weight is 508 g/mol. The molecule has 6 rings (SSSR count). The summed E-state index contributed by atoms with van der Waals surface area (Å²) in [4.78, 5) is 33.0. The van der Waals surface area contributed by atoms with Gasteiger partial charge in [-0.25, -0.2) is 13.8 Å². The van der Waals surface area contributed by atoms with E-state index in [2.05, 4.69) is 10.3 Å². The van der Waals surface area contributed by atoms with Gasteiger partial charge in [-0.15, -0.1) is 11.3 Å². The van der Waals surface area contributed by atoms with Gasteiger partial charge in [0.2, 0.25) is 0 Å². The molecule has 0 radical (unpaired) electrons. The number of carbonyl (C=O) groups excluding carboxylic acids is 2. The molecule has 1 atom stereocenters. The Labute approximate surface area is 210 Å². The maximum atomic E-state index is 15.3. The zero-order valence-electron chi connectivity index (χ0n) is 19.2. The quantitative estimate of drug-likeness (QED) is 0.447. The Morgan fingerprint density at radius 1 is 0.944 bits per heavy atom. The lowest BCUT2D eigenvalue weighted by Crippen LogP contribution is -2.62. The molecule has 2 aliphatic heterocycles. The summed E-state index contributed by atoms with van der Waals surface area (Å²) in [5.74, 6) is -1.28. The summed E-state index contributed by atoms with van der Waals surface area (Å²) in [5, 5.41) is 6.16. The SMILES string of the molecule is O=C(c1nccs1)N1CC[C@H](NC2CN(C(=O)c3ccc4c(ccn4-c4ccc(F)cc4)c3F)C2)C1. The molecule has 0 bridgehead atoms. The number of halogens is 2. The maximum Gasteiger partial charge on any atom is 0.282 e. The first-order chi connectivity index (χ1) is 17.5. The van der Waals surface area contributed by atoms with E-state index in [1.165, 1.54) is 29.5 Å². The molecule has 7 nitrogen and oxygen atoms in total. The first kappa shape index (κ1) is 22.8. The number of amides is 2. The number of nitrogens with one attached hydrogen (secondary N) is 1. The summed E-state index contributed by atoms with van der Waals surface area (Å²) in [6.45, 7) is 2.26. The molecule has 2 fully saturated rings. The number of carbonyl (C=O) groups is 2. The summed E-state index contributed by atoms with van der Waals surface area (Å²) < 4.78 is 30.4. The summed E-state index contributed by atoms with van der Waals surface area (Å²) in [6.07, 6.45) is 4.19. The molecule has 0 spiro atoms. The van der Waals surface area contributed by atoms with Crippen molar-refractivity contribution in [1.29, 1.82) is 0 Å². The zero-order valence-corrected chi connectivity index (χ0v) is 20.0. The molecule has 2 saturated heterocycles. The number of hydrogen-bond donors (Lipinski definition) is 1. The van der Waals surface area contributed by atoms with Gasteiger partial charge < -0.3 is 19.7 Å². The second kappa shape index (κ2) is 9.11. The topological polar surface area (TPSA) is 70.5 Å². The lowest BCUT2D eigenvalue weighted by molar-refractivity contribution is 0.0548. The van der Waals surface area contributed by atoms with Gasteiger partial charge in [0, 0.05) is 67.1 Å². The van der Waals surface area contributed by atoms with E-state index in [-0.39, 0.29) is 35.3 Å². The van der Waals surface area contributed by atoms with Gasteiger partial charge in [0.05, 0.1) is 11.1 Å². The van der Waals surface area contributed by atoms with E-state index >= 15 is 4.39 Å². The molecule has 36 heavy (non-hydrogen) atoms. The molecule has 0 saturated carbocycles. The Morgan fingerprint density at radius 3 is 2.47 bits per heavy atom. The monoisotopic (exact) mass is 507 g/mol. The van der Waals surface area contributed by atoms with Crippen LogP contribution in [0.4, 0.5) is 8.78 Å². The fourth-order valence-corrected chi connectivity index (χ4v) is 5.57. The molecule has 4 aromatic rings. The van der Waals surface area contributed by atoms with Gasteiger partial charge in [0.15, 0.2) is 5.01 Å². The number of thiazole rings is 1. The van der Waals surface area contributed by atoms with Crippen molar-refractivity contribution in [2.24, 2.45) is 0 Å². The van der Waals surface area contributed by atoms with Gasteiger partial charge in [0.1, 0.15) is 11.6 Å². The minimum Gasteiger partial charge on any atom is -0.335 e. The van der Waals surface area contributed by atoms with E-state index < -0.39 is 5.82 Å². The molecule has 0 unspecified atom stereocenters. The van der Waals surface area contributed by atoms with E-state index in [4.69, 9.17) is 0 Å². The van der Waals surface area contributed by atoms with E-state index in [1.807, 2.05) is 0 Å². The van der Waals surface area contributed by atoms with Crippen LogP contribution in [-0.2, 0) is 0 Å². The van der Waals surface area contributed by atoms with Crippen LogP contribution in [0.2, 0.25) is 0 Å². The van der Waals surface area contributed by atoms with Crippen LogP contribution in [0.3, 0.4) is 0 Å². The van der Waals surface area contributed by atoms with Crippen LogP contribution in [0.5, 0.6) is 0 Å². The molecule has 2 aliphatic rings. The van der Waals surface area contributed by atoms with Crippen LogP contribution in [0.25, 0.3) is 16.6 Å². The molecule has 1 N–H and O–H groups in total. The van der Waals surface area contributed by atoms with Crippen molar-refractivity contribution in [2.75, 3.05) is 26.2 Å². The van der Waals surface area contributed by atoms with Crippen molar-refractivity contribution < 1.29 is 18.4 Å². The molecule has 10 heteroatoms. The molecule has 184 valence electrons. The summed E-state index contributed by atoms with van der Waals surface area (Å²) >= 11 is 1.34. The molecule has 2 aromatic carbocycles. The Bertz CT molecular complexity index is 1430. The minimum atomic E-state index is -0.554. The normalized spacial score (nSPS) is 18.1. The Kier molecular flexibility index (Phi) is 5.77. The first-order valence-electron chi connectivity index (χ1n) is 11.8. The summed E-state index contributed by atoms with van der Waals surface area (Å²) in [5.41, 5.74) is 1.36. The molecular weight excluding hydrogens is 484 g/mol. The van der Waals surface area contributed by atoms with E-state index in [0.717, 1.165) is 6.42 Å². The van der Waals surface area contributed by atoms with Gasteiger partial charge in [-0.1, -0.05) is 0 Å². The Balaban J connectivity index is 1.08. The third-order valence-corrected chi connectivity index (χ3v) is 7.63. The number of rotatable bonds is 5.